The van der Waals surface area contributed by atoms with Crippen molar-refractivity contribution >= 4 is 29.5 Å². The summed E-state index contributed by atoms with van der Waals surface area (Å²) in [5.74, 6) is -0.0363. The van der Waals surface area contributed by atoms with Crippen LogP contribution in [0.25, 0.3) is 11.2 Å². The first-order valence-corrected chi connectivity index (χ1v) is 8.56. The highest BCUT2D eigenvalue weighted by Gasteiger charge is 2.26. The van der Waals surface area contributed by atoms with Gasteiger partial charge in [-0.05, 0) is 19.4 Å². The van der Waals surface area contributed by atoms with Gasteiger partial charge in [0.1, 0.15) is 6.54 Å². The van der Waals surface area contributed by atoms with Crippen molar-refractivity contribution in [1.29, 1.82) is 0 Å². The smallest absolute Gasteiger partial charge is 0.332 e. The Morgan fingerprint density at radius 2 is 2.08 bits per heavy atom. The molecule has 0 saturated carbocycles. The van der Waals surface area contributed by atoms with Crippen molar-refractivity contribution in [2.75, 3.05) is 19.6 Å². The molecule has 2 aromatic heterocycles. The molecule has 1 saturated heterocycles. The second kappa shape index (κ2) is 8.05. The van der Waals surface area contributed by atoms with Crippen molar-refractivity contribution in [3.63, 3.8) is 0 Å². The summed E-state index contributed by atoms with van der Waals surface area (Å²) in [6.07, 6.45) is 3.27. The molecule has 0 bridgehead atoms. The number of hydrogen-bond acceptors (Lipinski definition) is 5. The molecule has 26 heavy (non-hydrogen) atoms. The van der Waals surface area contributed by atoms with E-state index in [-0.39, 0.29) is 36.4 Å². The number of nitrogens with one attached hydrogen (secondary N) is 1. The predicted molar refractivity (Wildman–Crippen MR) is 101 cm³/mol. The highest BCUT2D eigenvalue weighted by molar-refractivity contribution is 5.85. The Morgan fingerprint density at radius 3 is 2.69 bits per heavy atom. The van der Waals surface area contributed by atoms with Crippen LogP contribution in [-0.2, 0) is 25.4 Å². The van der Waals surface area contributed by atoms with Gasteiger partial charge in [-0.2, -0.15) is 0 Å². The van der Waals surface area contributed by atoms with Gasteiger partial charge in [0.15, 0.2) is 11.2 Å². The number of hydrogen-bond donors (Lipinski definition) is 1. The lowest BCUT2D eigenvalue weighted by Gasteiger charge is -2.28. The van der Waals surface area contributed by atoms with Gasteiger partial charge in [0, 0.05) is 33.2 Å². The molecule has 1 atom stereocenters. The highest BCUT2D eigenvalue weighted by Crippen LogP contribution is 2.12. The first-order chi connectivity index (χ1) is 12.0. The quantitative estimate of drug-likeness (QED) is 0.747. The monoisotopic (exact) mass is 384 g/mol. The third-order valence-corrected chi connectivity index (χ3v) is 4.78. The molecule has 0 spiro atoms. The molecule has 0 radical (unpaired) electrons. The Balaban J connectivity index is 0.00000243. The van der Waals surface area contributed by atoms with Crippen LogP contribution in [0.5, 0.6) is 0 Å². The third kappa shape index (κ3) is 3.41. The molecule has 144 valence electrons. The maximum Gasteiger partial charge on any atom is 0.332 e. The normalized spacial score (nSPS) is 16.7. The van der Waals surface area contributed by atoms with Crippen molar-refractivity contribution in [3.05, 3.63) is 27.2 Å². The Kier molecular flexibility index (Phi) is 6.25. The number of aromatic nitrogens is 4. The number of carbonyl (C=O) groups is 1. The molecule has 2 aromatic rings. The average Bonchev–Trinajstić information content (AvgIpc) is 3.26. The highest BCUT2D eigenvalue weighted by atomic mass is 35.5. The lowest BCUT2D eigenvalue weighted by atomic mass is 10.2. The molecule has 3 rings (SSSR count). The second-order valence-corrected chi connectivity index (χ2v) is 6.48. The number of halogens is 1. The fraction of sp³-hybridized carbons (Fsp3) is 0.625. The number of imidazole rings is 1. The van der Waals surface area contributed by atoms with Crippen LogP contribution in [0.1, 0.15) is 19.8 Å². The number of fused-ring (bicyclic) bond motifs is 1. The van der Waals surface area contributed by atoms with Crippen LogP contribution in [0.3, 0.4) is 0 Å². The molecule has 1 unspecified atom stereocenters. The summed E-state index contributed by atoms with van der Waals surface area (Å²) in [6.45, 7) is 4.48. The number of amides is 1. The Morgan fingerprint density at radius 1 is 1.35 bits per heavy atom. The van der Waals surface area contributed by atoms with E-state index in [0.29, 0.717) is 12.2 Å². The van der Waals surface area contributed by atoms with E-state index < -0.39 is 11.2 Å². The summed E-state index contributed by atoms with van der Waals surface area (Å²) < 4.78 is 3.91. The van der Waals surface area contributed by atoms with E-state index in [4.69, 9.17) is 0 Å². The zero-order chi connectivity index (χ0) is 18.1. The minimum Gasteiger partial charge on any atom is -0.337 e. The molecule has 1 aliphatic rings. The molecular formula is C16H25ClN6O3. The van der Waals surface area contributed by atoms with Crippen molar-refractivity contribution in [3.8, 4) is 0 Å². The van der Waals surface area contributed by atoms with E-state index in [0.717, 1.165) is 30.5 Å². The average molecular weight is 385 g/mol. The summed E-state index contributed by atoms with van der Waals surface area (Å²) in [5, 5.41) is 3.28. The van der Waals surface area contributed by atoms with E-state index in [1.54, 1.807) is 11.6 Å². The van der Waals surface area contributed by atoms with Gasteiger partial charge in [0.05, 0.1) is 6.33 Å². The Bertz CT molecular complexity index is 909. The molecule has 1 aliphatic heterocycles. The maximum absolute atomic E-state index is 12.9. The number of rotatable bonds is 5. The van der Waals surface area contributed by atoms with Gasteiger partial charge < -0.3 is 14.8 Å². The van der Waals surface area contributed by atoms with Gasteiger partial charge >= 0.3 is 5.69 Å². The van der Waals surface area contributed by atoms with E-state index in [9.17, 15) is 14.4 Å². The SMILES string of the molecule is CCCN(C(=O)Cn1cnc2c1c(=O)n(C)c(=O)n2C)C1CCNC1.Cl. The molecule has 10 heteroatoms. The summed E-state index contributed by atoms with van der Waals surface area (Å²) in [5.41, 5.74) is -0.295. The third-order valence-electron chi connectivity index (χ3n) is 4.78. The van der Waals surface area contributed by atoms with Gasteiger partial charge in [0.25, 0.3) is 5.56 Å². The van der Waals surface area contributed by atoms with Crippen LogP contribution in [0.4, 0.5) is 0 Å². The number of nitrogens with zero attached hydrogens (tertiary/aromatic N) is 5. The summed E-state index contributed by atoms with van der Waals surface area (Å²) in [6, 6.07) is 0.189. The van der Waals surface area contributed by atoms with Gasteiger partial charge in [0.2, 0.25) is 5.91 Å². The standard InChI is InChI=1S/C16H24N6O3.ClH/c1-4-7-22(11-5-6-17-8-11)12(23)9-21-10-18-14-13(21)15(24)20(3)16(25)19(14)2;/h10-11,17H,4-9H2,1-3H3;1H. The lowest BCUT2D eigenvalue weighted by Crippen LogP contribution is -2.44. The first-order valence-electron chi connectivity index (χ1n) is 8.56. The van der Waals surface area contributed by atoms with Crippen molar-refractivity contribution in [2.45, 2.75) is 32.4 Å². The fourth-order valence-corrected chi connectivity index (χ4v) is 3.41. The van der Waals surface area contributed by atoms with Crippen LogP contribution < -0.4 is 16.6 Å². The van der Waals surface area contributed by atoms with Gasteiger partial charge in [-0.25, -0.2) is 9.78 Å². The zero-order valence-electron chi connectivity index (χ0n) is 15.3. The van der Waals surface area contributed by atoms with E-state index in [1.807, 2.05) is 11.8 Å². The molecule has 9 nitrogen and oxygen atoms in total. The zero-order valence-corrected chi connectivity index (χ0v) is 16.1. The number of aryl methyl sites for hydroxylation is 1. The topological polar surface area (TPSA) is 94.2 Å². The van der Waals surface area contributed by atoms with Crippen molar-refractivity contribution in [2.24, 2.45) is 14.1 Å². The Labute approximate surface area is 157 Å². The maximum atomic E-state index is 12.9. The van der Waals surface area contributed by atoms with E-state index in [2.05, 4.69) is 10.3 Å². The predicted octanol–water partition coefficient (Wildman–Crippen LogP) is -0.544. The van der Waals surface area contributed by atoms with Crippen LogP contribution in [0.2, 0.25) is 0 Å². The Hall–Kier alpha value is -2.13. The molecule has 3 heterocycles. The van der Waals surface area contributed by atoms with E-state index in [1.165, 1.54) is 17.9 Å². The van der Waals surface area contributed by atoms with Crippen molar-refractivity contribution < 1.29 is 4.79 Å². The van der Waals surface area contributed by atoms with Crippen LogP contribution in [0, 0.1) is 0 Å². The summed E-state index contributed by atoms with van der Waals surface area (Å²) in [7, 11) is 2.99. The van der Waals surface area contributed by atoms with Gasteiger partial charge in [-0.15, -0.1) is 12.4 Å². The van der Waals surface area contributed by atoms with Crippen LogP contribution >= 0.6 is 12.4 Å². The van der Waals surface area contributed by atoms with Crippen LogP contribution in [0.15, 0.2) is 15.9 Å². The minimum absolute atomic E-state index is 0. The molecule has 1 N–H and O–H groups in total. The molecule has 1 fully saturated rings. The van der Waals surface area contributed by atoms with E-state index >= 15 is 0 Å². The lowest BCUT2D eigenvalue weighted by molar-refractivity contribution is -0.133. The minimum atomic E-state index is -0.437. The fourth-order valence-electron chi connectivity index (χ4n) is 3.41. The molecule has 0 aliphatic carbocycles. The van der Waals surface area contributed by atoms with Crippen molar-refractivity contribution in [1.82, 2.24) is 28.9 Å². The number of carbonyl (C=O) groups excluding carboxylic acids is 1. The summed E-state index contributed by atoms with van der Waals surface area (Å²) >= 11 is 0. The van der Waals surface area contributed by atoms with Gasteiger partial charge in [-0.1, -0.05) is 6.92 Å². The molecule has 1 amide bonds. The van der Waals surface area contributed by atoms with Gasteiger partial charge in [-0.3, -0.25) is 18.7 Å². The largest absolute Gasteiger partial charge is 0.337 e. The summed E-state index contributed by atoms with van der Waals surface area (Å²) in [4.78, 5) is 43.4. The molecule has 0 aromatic carbocycles. The molecular weight excluding hydrogens is 360 g/mol. The first kappa shape index (κ1) is 20.2. The second-order valence-electron chi connectivity index (χ2n) is 6.48. The van der Waals surface area contributed by atoms with Crippen LogP contribution in [-0.4, -0.2) is 55.2 Å².